The number of rotatable bonds is 7. The van der Waals surface area contributed by atoms with Gasteiger partial charge in [-0.15, -0.1) is 0 Å². The lowest BCUT2D eigenvalue weighted by Crippen LogP contribution is -2.40. The summed E-state index contributed by atoms with van der Waals surface area (Å²) < 4.78 is 0. The summed E-state index contributed by atoms with van der Waals surface area (Å²) in [6, 6.07) is 11.4. The van der Waals surface area contributed by atoms with Crippen LogP contribution in [0.3, 0.4) is 0 Å². The second-order valence-electron chi connectivity index (χ2n) is 8.68. The summed E-state index contributed by atoms with van der Waals surface area (Å²) in [7, 11) is 0. The van der Waals surface area contributed by atoms with Crippen molar-refractivity contribution in [3.63, 3.8) is 0 Å². The lowest BCUT2D eigenvalue weighted by Gasteiger charge is -2.25. The Morgan fingerprint density at radius 3 is 2.50 bits per heavy atom. The Labute approximate surface area is 178 Å². The van der Waals surface area contributed by atoms with Gasteiger partial charge in [-0.3, -0.25) is 14.5 Å². The molecular weight excluding hydrogens is 376 g/mol. The number of likely N-dealkylation sites (tertiary alicyclic amines) is 1. The van der Waals surface area contributed by atoms with Gasteiger partial charge in [-0.25, -0.2) is 4.98 Å². The van der Waals surface area contributed by atoms with Gasteiger partial charge in [-0.05, 0) is 44.3 Å². The van der Waals surface area contributed by atoms with E-state index in [-0.39, 0.29) is 17.5 Å². The molecular formula is C24H32N4O2. The first-order valence-electron chi connectivity index (χ1n) is 11.3. The summed E-state index contributed by atoms with van der Waals surface area (Å²) in [5, 5.41) is 3.21. The summed E-state index contributed by atoms with van der Waals surface area (Å²) in [5.74, 6) is 1.20. The van der Waals surface area contributed by atoms with Gasteiger partial charge in [0.2, 0.25) is 5.91 Å². The normalized spacial score (nSPS) is 18.9. The van der Waals surface area contributed by atoms with Gasteiger partial charge < -0.3 is 10.3 Å². The maximum atomic E-state index is 12.9. The molecule has 0 radical (unpaired) electrons. The zero-order valence-electron chi connectivity index (χ0n) is 17.6. The first-order chi connectivity index (χ1) is 14.7. The summed E-state index contributed by atoms with van der Waals surface area (Å²) >= 11 is 0. The van der Waals surface area contributed by atoms with Gasteiger partial charge in [-0.2, -0.15) is 0 Å². The van der Waals surface area contributed by atoms with Crippen molar-refractivity contribution in [2.45, 2.75) is 63.3 Å². The van der Waals surface area contributed by atoms with Crippen LogP contribution < -0.4 is 10.9 Å². The molecule has 2 aromatic rings. The quantitative estimate of drug-likeness (QED) is 0.737. The zero-order valence-corrected chi connectivity index (χ0v) is 17.6. The van der Waals surface area contributed by atoms with E-state index in [2.05, 4.69) is 15.2 Å². The van der Waals surface area contributed by atoms with Crippen LogP contribution in [-0.2, 0) is 11.2 Å². The van der Waals surface area contributed by atoms with Crippen LogP contribution >= 0.6 is 0 Å². The molecule has 2 aliphatic rings. The van der Waals surface area contributed by atoms with E-state index in [1.165, 1.54) is 19.3 Å². The van der Waals surface area contributed by atoms with E-state index in [1.54, 1.807) is 6.07 Å². The summed E-state index contributed by atoms with van der Waals surface area (Å²) in [6.07, 6.45) is 8.70. The summed E-state index contributed by atoms with van der Waals surface area (Å²) in [5.41, 5.74) is 1.67. The fraction of sp³-hybridized carbons (Fsp3) is 0.542. The second kappa shape index (κ2) is 10.0. The van der Waals surface area contributed by atoms with Crippen LogP contribution in [0.4, 0.5) is 0 Å². The maximum absolute atomic E-state index is 12.9. The van der Waals surface area contributed by atoms with Gasteiger partial charge in [0.15, 0.2) is 0 Å². The Kier molecular flexibility index (Phi) is 6.95. The maximum Gasteiger partial charge on any atom is 0.251 e. The van der Waals surface area contributed by atoms with E-state index < -0.39 is 0 Å². The molecule has 1 aliphatic heterocycles. The number of amides is 1. The highest BCUT2D eigenvalue weighted by Gasteiger charge is 2.24. The molecule has 2 fully saturated rings. The van der Waals surface area contributed by atoms with Crippen molar-refractivity contribution in [1.29, 1.82) is 0 Å². The summed E-state index contributed by atoms with van der Waals surface area (Å²) in [4.78, 5) is 35.0. The fourth-order valence-electron chi connectivity index (χ4n) is 4.39. The molecule has 30 heavy (non-hydrogen) atoms. The van der Waals surface area contributed by atoms with E-state index in [4.69, 9.17) is 4.98 Å². The standard InChI is InChI=1S/C24H32N4O2/c29-22-16-20(25-24(27-22)19-11-8-12-19)15-21(18-9-4-3-5-10-18)26-23(30)17-28-13-6-1-2-7-14-28/h3-5,9-10,16,19,21H,1-2,6-8,11-15,17H2,(H,26,30)(H,25,27,29)/t21-/m0/s1. The molecule has 4 rings (SSSR count). The van der Waals surface area contributed by atoms with Gasteiger partial charge in [0.05, 0.1) is 18.3 Å². The van der Waals surface area contributed by atoms with Crippen molar-refractivity contribution in [2.75, 3.05) is 19.6 Å². The van der Waals surface area contributed by atoms with Gasteiger partial charge in [0.25, 0.3) is 5.56 Å². The van der Waals surface area contributed by atoms with Crippen LogP contribution in [0.2, 0.25) is 0 Å². The van der Waals surface area contributed by atoms with Crippen LogP contribution in [0, 0.1) is 0 Å². The Morgan fingerprint density at radius 2 is 1.83 bits per heavy atom. The van der Waals surface area contributed by atoms with Gasteiger partial charge in [0, 0.05) is 18.4 Å². The van der Waals surface area contributed by atoms with E-state index in [0.29, 0.717) is 18.9 Å². The first kappa shape index (κ1) is 20.8. The van der Waals surface area contributed by atoms with Crippen molar-refractivity contribution >= 4 is 5.91 Å². The number of benzene rings is 1. The predicted octanol–water partition coefficient (Wildman–Crippen LogP) is 3.31. The molecule has 1 atom stereocenters. The molecule has 1 aromatic carbocycles. The molecule has 0 spiro atoms. The molecule has 1 aliphatic carbocycles. The minimum absolute atomic E-state index is 0.0369. The predicted molar refractivity (Wildman–Crippen MR) is 117 cm³/mol. The van der Waals surface area contributed by atoms with Gasteiger partial charge >= 0.3 is 0 Å². The van der Waals surface area contributed by atoms with Crippen molar-refractivity contribution in [3.8, 4) is 0 Å². The Morgan fingerprint density at radius 1 is 1.10 bits per heavy atom. The van der Waals surface area contributed by atoms with E-state index >= 15 is 0 Å². The van der Waals surface area contributed by atoms with Crippen LogP contribution in [0.5, 0.6) is 0 Å². The van der Waals surface area contributed by atoms with Crippen LogP contribution in [0.15, 0.2) is 41.2 Å². The number of nitrogens with one attached hydrogen (secondary N) is 2. The number of nitrogens with zero attached hydrogens (tertiary/aromatic N) is 2. The van der Waals surface area contributed by atoms with Crippen LogP contribution in [-0.4, -0.2) is 40.4 Å². The topological polar surface area (TPSA) is 78.1 Å². The molecule has 2 heterocycles. The SMILES string of the molecule is O=C(CN1CCCCCC1)N[C@@H](Cc1cc(=O)[nH]c(C2CCC2)n1)c1ccccc1. The monoisotopic (exact) mass is 408 g/mol. The molecule has 160 valence electrons. The average Bonchev–Trinajstić information content (AvgIpc) is 2.95. The lowest BCUT2D eigenvalue weighted by molar-refractivity contribution is -0.123. The Hall–Kier alpha value is -2.47. The largest absolute Gasteiger partial charge is 0.348 e. The summed E-state index contributed by atoms with van der Waals surface area (Å²) in [6.45, 7) is 2.41. The number of H-pyrrole nitrogens is 1. The number of hydrogen-bond acceptors (Lipinski definition) is 4. The minimum Gasteiger partial charge on any atom is -0.348 e. The van der Waals surface area contributed by atoms with E-state index in [0.717, 1.165) is 55.9 Å². The average molecular weight is 409 g/mol. The van der Waals surface area contributed by atoms with E-state index in [1.807, 2.05) is 30.3 Å². The fourth-order valence-corrected chi connectivity index (χ4v) is 4.39. The molecule has 0 unspecified atom stereocenters. The number of carbonyl (C=O) groups excluding carboxylic acids is 1. The minimum atomic E-state index is -0.200. The number of aromatic amines is 1. The highest BCUT2D eigenvalue weighted by molar-refractivity contribution is 5.78. The first-order valence-corrected chi connectivity index (χ1v) is 11.3. The molecule has 1 aromatic heterocycles. The number of carbonyl (C=O) groups is 1. The van der Waals surface area contributed by atoms with Crippen molar-refractivity contribution in [1.82, 2.24) is 20.2 Å². The Balaban J connectivity index is 1.48. The highest BCUT2D eigenvalue weighted by Crippen LogP contribution is 2.34. The third kappa shape index (κ3) is 5.57. The smallest absolute Gasteiger partial charge is 0.251 e. The van der Waals surface area contributed by atoms with Crippen molar-refractivity contribution < 1.29 is 4.79 Å². The molecule has 2 N–H and O–H groups in total. The zero-order chi connectivity index (χ0) is 20.8. The van der Waals surface area contributed by atoms with Crippen LogP contribution in [0.25, 0.3) is 0 Å². The number of hydrogen-bond donors (Lipinski definition) is 2. The molecule has 0 bridgehead atoms. The lowest BCUT2D eigenvalue weighted by atomic mass is 9.85. The third-order valence-corrected chi connectivity index (χ3v) is 6.32. The molecule has 6 nitrogen and oxygen atoms in total. The molecule has 1 saturated carbocycles. The molecule has 1 amide bonds. The molecule has 1 saturated heterocycles. The third-order valence-electron chi connectivity index (χ3n) is 6.32. The van der Waals surface area contributed by atoms with Crippen molar-refractivity contribution in [3.05, 3.63) is 63.8 Å². The van der Waals surface area contributed by atoms with Crippen LogP contribution in [0.1, 0.15) is 74.0 Å². The van der Waals surface area contributed by atoms with E-state index in [9.17, 15) is 9.59 Å². The molecule has 6 heteroatoms. The number of aromatic nitrogens is 2. The van der Waals surface area contributed by atoms with Gasteiger partial charge in [-0.1, -0.05) is 49.6 Å². The Bertz CT molecular complexity index is 884. The highest BCUT2D eigenvalue weighted by atomic mass is 16.2. The van der Waals surface area contributed by atoms with Crippen molar-refractivity contribution in [2.24, 2.45) is 0 Å². The van der Waals surface area contributed by atoms with Gasteiger partial charge in [0.1, 0.15) is 5.82 Å². The second-order valence-corrected chi connectivity index (χ2v) is 8.68.